The topological polar surface area (TPSA) is 143 Å². The summed E-state index contributed by atoms with van der Waals surface area (Å²) >= 11 is 0. The van der Waals surface area contributed by atoms with Gasteiger partial charge in [-0.25, -0.2) is 9.50 Å². The predicted molar refractivity (Wildman–Crippen MR) is 70.9 cm³/mol. The number of aliphatic hydroxyl groups is 3. The van der Waals surface area contributed by atoms with E-state index in [-0.39, 0.29) is 17.2 Å². The van der Waals surface area contributed by atoms with E-state index in [1.165, 1.54) is 29.8 Å². The van der Waals surface area contributed by atoms with Crippen LogP contribution in [0.25, 0.3) is 5.65 Å². The lowest BCUT2D eigenvalue weighted by Gasteiger charge is -2.38. The summed E-state index contributed by atoms with van der Waals surface area (Å²) in [5.41, 5.74) is -0.230. The molecule has 0 aliphatic carbocycles. The van der Waals surface area contributed by atoms with Crippen LogP contribution in [0.4, 0.5) is 5.69 Å². The molecule has 3 heterocycles. The van der Waals surface area contributed by atoms with Crippen LogP contribution in [0.2, 0.25) is 0 Å². The summed E-state index contributed by atoms with van der Waals surface area (Å²) in [6.45, 7) is 1.53. The number of aromatic nitrogens is 3. The fourth-order valence-electron chi connectivity index (χ4n) is 2.44. The number of nitrogens with zero attached hydrogens (tertiary/aromatic N) is 4. The van der Waals surface area contributed by atoms with Gasteiger partial charge in [0.05, 0.1) is 11.0 Å². The van der Waals surface area contributed by atoms with Gasteiger partial charge in [-0.15, -0.1) is 5.10 Å². The fourth-order valence-corrected chi connectivity index (χ4v) is 2.44. The highest BCUT2D eigenvalue weighted by Gasteiger charge is 2.44. The Morgan fingerprint density at radius 2 is 2.05 bits per heavy atom. The zero-order valence-electron chi connectivity index (χ0n) is 11.5. The van der Waals surface area contributed by atoms with E-state index in [2.05, 4.69) is 10.1 Å². The highest BCUT2D eigenvalue weighted by atomic mass is 16.6. The fraction of sp³-hybridized carbons (Fsp3) is 0.500. The van der Waals surface area contributed by atoms with E-state index in [1.54, 1.807) is 0 Å². The largest absolute Gasteiger partial charge is 0.388 e. The van der Waals surface area contributed by atoms with Crippen molar-refractivity contribution in [2.75, 3.05) is 0 Å². The van der Waals surface area contributed by atoms with Crippen LogP contribution in [-0.2, 0) is 4.74 Å². The molecule has 0 bridgehead atoms. The lowest BCUT2D eigenvalue weighted by molar-refractivity contribution is -0.383. The first-order valence-corrected chi connectivity index (χ1v) is 6.59. The van der Waals surface area contributed by atoms with E-state index >= 15 is 0 Å². The quantitative estimate of drug-likeness (QED) is 0.482. The maximum Gasteiger partial charge on any atom is 0.313 e. The first-order valence-electron chi connectivity index (χ1n) is 6.59. The van der Waals surface area contributed by atoms with E-state index in [1.807, 2.05) is 0 Å². The van der Waals surface area contributed by atoms with Gasteiger partial charge in [-0.2, -0.15) is 0 Å². The van der Waals surface area contributed by atoms with Gasteiger partial charge in [-0.3, -0.25) is 10.1 Å². The Kier molecular flexibility index (Phi) is 3.53. The Morgan fingerprint density at radius 1 is 1.32 bits per heavy atom. The molecule has 0 aromatic carbocycles. The van der Waals surface area contributed by atoms with Gasteiger partial charge >= 0.3 is 5.69 Å². The third-order valence-electron chi connectivity index (χ3n) is 3.66. The van der Waals surface area contributed by atoms with E-state index in [9.17, 15) is 25.4 Å². The maximum absolute atomic E-state index is 11.0. The number of ether oxygens (including phenoxy) is 1. The van der Waals surface area contributed by atoms with Crippen molar-refractivity contribution in [3.8, 4) is 0 Å². The molecule has 5 atom stereocenters. The number of rotatable bonds is 2. The normalized spacial score (nSPS) is 32.3. The Labute approximate surface area is 123 Å². The number of nitro groups is 1. The molecule has 10 heteroatoms. The third kappa shape index (κ3) is 2.22. The Balaban J connectivity index is 2.03. The molecule has 1 saturated heterocycles. The van der Waals surface area contributed by atoms with Crippen LogP contribution in [0.5, 0.6) is 0 Å². The van der Waals surface area contributed by atoms with Crippen molar-refractivity contribution >= 4 is 11.3 Å². The van der Waals surface area contributed by atoms with Crippen LogP contribution in [0.15, 0.2) is 18.3 Å². The zero-order chi connectivity index (χ0) is 16.0. The molecule has 2 aromatic heterocycles. The summed E-state index contributed by atoms with van der Waals surface area (Å²) in [6, 6.07) is 2.73. The molecule has 22 heavy (non-hydrogen) atoms. The molecular formula is C12H14N4O6. The second kappa shape index (κ2) is 5.25. The molecule has 2 aromatic rings. The monoisotopic (exact) mass is 310 g/mol. The van der Waals surface area contributed by atoms with Gasteiger partial charge < -0.3 is 20.1 Å². The summed E-state index contributed by atoms with van der Waals surface area (Å²) in [5.74, 6) is -0.000370. The van der Waals surface area contributed by atoms with Crippen molar-refractivity contribution < 1.29 is 25.0 Å². The Morgan fingerprint density at radius 3 is 2.73 bits per heavy atom. The molecule has 3 rings (SSSR count). The number of hydrogen-bond donors (Lipinski definition) is 3. The van der Waals surface area contributed by atoms with E-state index < -0.39 is 35.4 Å². The molecular weight excluding hydrogens is 296 g/mol. The zero-order valence-corrected chi connectivity index (χ0v) is 11.5. The predicted octanol–water partition coefficient (Wildman–Crippen LogP) is -0.820. The summed E-state index contributed by atoms with van der Waals surface area (Å²) in [7, 11) is 0. The van der Waals surface area contributed by atoms with Crippen molar-refractivity contribution in [2.45, 2.75) is 37.4 Å². The second-order valence-electron chi connectivity index (χ2n) is 5.12. The van der Waals surface area contributed by atoms with Gasteiger partial charge in [0.15, 0.2) is 5.82 Å². The SMILES string of the molecule is C[C@@H]1O[C@@H](c2nc3c([N+](=O)[O-])cccn3n2)[C@H](O)[C@H](O)[C@H]1O. The van der Waals surface area contributed by atoms with Gasteiger partial charge in [0.25, 0.3) is 0 Å². The third-order valence-corrected chi connectivity index (χ3v) is 3.66. The number of aliphatic hydroxyl groups excluding tert-OH is 3. The first-order chi connectivity index (χ1) is 10.4. The van der Waals surface area contributed by atoms with Crippen LogP contribution in [0.3, 0.4) is 0 Å². The summed E-state index contributed by atoms with van der Waals surface area (Å²) in [4.78, 5) is 14.4. The molecule has 1 aliphatic rings. The lowest BCUT2D eigenvalue weighted by atomic mass is 9.95. The highest BCUT2D eigenvalue weighted by Crippen LogP contribution is 2.31. The molecule has 0 saturated carbocycles. The molecule has 0 radical (unpaired) electrons. The van der Waals surface area contributed by atoms with Gasteiger partial charge in [0, 0.05) is 12.3 Å². The Hall–Kier alpha value is -2.14. The van der Waals surface area contributed by atoms with Crippen LogP contribution in [-0.4, -0.2) is 59.3 Å². The van der Waals surface area contributed by atoms with Crippen LogP contribution < -0.4 is 0 Å². The minimum Gasteiger partial charge on any atom is -0.388 e. The summed E-state index contributed by atoms with van der Waals surface area (Å²) in [5, 5.41) is 44.5. The average Bonchev–Trinajstić information content (AvgIpc) is 2.92. The summed E-state index contributed by atoms with van der Waals surface area (Å²) < 4.78 is 6.63. The standard InChI is InChI=1S/C12H14N4O6/c1-5-7(17)8(18)9(19)10(22-5)11-13-12-6(16(20)21)3-2-4-15(12)14-11/h2-5,7-10,17-19H,1H3/t5-,7-,8+,9+,10+/m0/s1. The summed E-state index contributed by atoms with van der Waals surface area (Å²) in [6.07, 6.45) is -4.46. The van der Waals surface area contributed by atoms with Gasteiger partial charge in [0.2, 0.25) is 5.65 Å². The van der Waals surface area contributed by atoms with Crippen molar-refractivity contribution in [2.24, 2.45) is 0 Å². The molecule has 118 valence electrons. The molecule has 0 spiro atoms. The molecule has 1 aliphatic heterocycles. The molecule has 0 amide bonds. The van der Waals surface area contributed by atoms with Crippen molar-refractivity contribution in [3.63, 3.8) is 0 Å². The van der Waals surface area contributed by atoms with E-state index in [0.717, 1.165) is 0 Å². The molecule has 10 nitrogen and oxygen atoms in total. The first kappa shape index (κ1) is 14.8. The smallest absolute Gasteiger partial charge is 0.313 e. The molecule has 0 unspecified atom stereocenters. The minimum absolute atomic E-state index is 0.000370. The maximum atomic E-state index is 11.0. The second-order valence-corrected chi connectivity index (χ2v) is 5.12. The van der Waals surface area contributed by atoms with Gasteiger partial charge in [0.1, 0.15) is 24.4 Å². The number of pyridine rings is 1. The van der Waals surface area contributed by atoms with E-state index in [0.29, 0.717) is 0 Å². The van der Waals surface area contributed by atoms with Crippen LogP contribution >= 0.6 is 0 Å². The number of hydrogen-bond acceptors (Lipinski definition) is 8. The number of fused-ring (bicyclic) bond motifs is 1. The Bertz CT molecular complexity index is 719. The molecule has 3 N–H and O–H groups in total. The lowest BCUT2D eigenvalue weighted by Crippen LogP contribution is -2.53. The molecule has 1 fully saturated rings. The van der Waals surface area contributed by atoms with Crippen LogP contribution in [0, 0.1) is 10.1 Å². The average molecular weight is 310 g/mol. The van der Waals surface area contributed by atoms with Crippen molar-refractivity contribution in [1.82, 2.24) is 14.6 Å². The van der Waals surface area contributed by atoms with Gasteiger partial charge in [-0.1, -0.05) is 0 Å². The van der Waals surface area contributed by atoms with Crippen molar-refractivity contribution in [3.05, 3.63) is 34.3 Å². The van der Waals surface area contributed by atoms with Crippen molar-refractivity contribution in [1.29, 1.82) is 0 Å². The van der Waals surface area contributed by atoms with Gasteiger partial charge in [-0.05, 0) is 13.0 Å². The van der Waals surface area contributed by atoms with E-state index in [4.69, 9.17) is 4.74 Å². The minimum atomic E-state index is -1.44. The van der Waals surface area contributed by atoms with Crippen LogP contribution in [0.1, 0.15) is 18.9 Å². The highest BCUT2D eigenvalue weighted by molar-refractivity contribution is 5.58.